The highest BCUT2D eigenvalue weighted by Crippen LogP contribution is 2.51. The Bertz CT molecular complexity index is 1150. The molecule has 4 rings (SSSR count). The van der Waals surface area contributed by atoms with E-state index in [0.29, 0.717) is 13.0 Å². The van der Waals surface area contributed by atoms with E-state index >= 15 is 0 Å². The summed E-state index contributed by atoms with van der Waals surface area (Å²) in [5.41, 5.74) is 4.30. The van der Waals surface area contributed by atoms with E-state index in [-0.39, 0.29) is 5.97 Å². The molecule has 0 spiro atoms. The van der Waals surface area contributed by atoms with Crippen molar-refractivity contribution < 1.29 is 9.53 Å². The van der Waals surface area contributed by atoms with Crippen LogP contribution in [0.5, 0.6) is 0 Å². The Hall–Kier alpha value is -3.11. The molecule has 0 radical (unpaired) electrons. The van der Waals surface area contributed by atoms with E-state index in [9.17, 15) is 4.79 Å². The lowest BCUT2D eigenvalue weighted by molar-refractivity contribution is -0.158. The Morgan fingerprint density at radius 2 is 1.52 bits per heavy atom. The van der Waals surface area contributed by atoms with Crippen LogP contribution in [-0.2, 0) is 15.1 Å². The quantitative estimate of drug-likeness (QED) is 0.279. The first-order valence-electron chi connectivity index (χ1n) is 11.2. The second-order valence-corrected chi connectivity index (χ2v) is 9.38. The summed E-state index contributed by atoms with van der Waals surface area (Å²) >= 11 is 4.75. The van der Waals surface area contributed by atoms with Gasteiger partial charge in [-0.25, -0.2) is 4.99 Å². The van der Waals surface area contributed by atoms with Crippen molar-refractivity contribution in [3.63, 3.8) is 0 Å². The maximum Gasteiger partial charge on any atom is 0.323 e. The lowest BCUT2D eigenvalue weighted by atomic mass is 9.79. The summed E-state index contributed by atoms with van der Waals surface area (Å²) in [4.78, 5) is 17.4. The third-order valence-corrected chi connectivity index (χ3v) is 5.96. The smallest absolute Gasteiger partial charge is 0.323 e. The second kappa shape index (κ2) is 9.40. The zero-order valence-electron chi connectivity index (χ0n) is 19.2. The maximum absolute atomic E-state index is 13.4. The molecule has 168 valence electrons. The fourth-order valence-corrected chi connectivity index (χ4v) is 4.69. The van der Waals surface area contributed by atoms with Crippen LogP contribution in [0.1, 0.15) is 43.9 Å². The molecule has 0 bridgehead atoms. The molecule has 3 aromatic rings. The Labute approximate surface area is 200 Å². The van der Waals surface area contributed by atoms with Crippen molar-refractivity contribution in [3.8, 4) is 11.1 Å². The zero-order valence-corrected chi connectivity index (χ0v) is 20.0. The molecule has 0 saturated carbocycles. The van der Waals surface area contributed by atoms with Crippen LogP contribution < -0.4 is 5.32 Å². The standard InChI is InChI=1S/C28H28N2O2S/c1-27(2,3)32-26(31)25(17-18-29-19-33)30-28(20-11-5-4-6-12-20)23-15-9-7-13-21(23)22-14-8-10-16-24(22)28/h4-16,25,30H,17-18H2,1-3H3/t25-/m0/s1. The van der Waals surface area contributed by atoms with Gasteiger partial charge in [-0.2, -0.15) is 0 Å². The van der Waals surface area contributed by atoms with Gasteiger partial charge in [-0.3, -0.25) is 10.1 Å². The number of aliphatic imine (C=N–C) groups is 1. The molecule has 0 aromatic heterocycles. The van der Waals surface area contributed by atoms with Crippen LogP contribution in [0.3, 0.4) is 0 Å². The molecule has 4 nitrogen and oxygen atoms in total. The lowest BCUT2D eigenvalue weighted by Gasteiger charge is -2.37. The molecule has 1 aliphatic carbocycles. The predicted octanol–water partition coefficient (Wildman–Crippen LogP) is 5.75. The topological polar surface area (TPSA) is 50.7 Å². The Balaban J connectivity index is 1.90. The number of rotatable bonds is 7. The van der Waals surface area contributed by atoms with E-state index in [1.165, 1.54) is 0 Å². The summed E-state index contributed by atoms with van der Waals surface area (Å²) < 4.78 is 5.81. The highest BCUT2D eigenvalue weighted by molar-refractivity contribution is 7.78. The molecule has 0 fully saturated rings. The molecule has 0 heterocycles. The van der Waals surface area contributed by atoms with Crippen molar-refractivity contribution in [3.05, 3.63) is 95.6 Å². The van der Waals surface area contributed by atoms with Crippen molar-refractivity contribution in [1.29, 1.82) is 0 Å². The van der Waals surface area contributed by atoms with Crippen LogP contribution in [-0.4, -0.2) is 29.3 Å². The van der Waals surface area contributed by atoms with Gasteiger partial charge in [-0.05, 0) is 67.2 Å². The SMILES string of the molecule is CC(C)(C)OC(=O)[C@H](CCN=C=S)NC1(c2ccccc2)c2ccccc2-c2ccccc21. The van der Waals surface area contributed by atoms with Crippen LogP contribution in [0.4, 0.5) is 0 Å². The summed E-state index contributed by atoms with van der Waals surface area (Å²) in [6, 6.07) is 26.4. The first kappa shape index (κ1) is 23.1. The molecule has 1 aliphatic rings. The molecule has 0 aliphatic heterocycles. The van der Waals surface area contributed by atoms with Crippen LogP contribution >= 0.6 is 12.2 Å². The number of thiocarbonyl (C=S) groups is 1. The Morgan fingerprint density at radius 3 is 2.06 bits per heavy atom. The number of carbonyl (C=O) groups is 1. The van der Waals surface area contributed by atoms with E-state index in [1.807, 2.05) is 51.1 Å². The Morgan fingerprint density at radius 1 is 0.970 bits per heavy atom. The summed E-state index contributed by atoms with van der Waals surface area (Å²) in [7, 11) is 0. The molecule has 1 atom stereocenters. The van der Waals surface area contributed by atoms with Gasteiger partial charge in [0.25, 0.3) is 0 Å². The van der Waals surface area contributed by atoms with Gasteiger partial charge in [0.15, 0.2) is 0 Å². The number of fused-ring (bicyclic) bond motifs is 3. The molecular formula is C28H28N2O2S. The van der Waals surface area contributed by atoms with E-state index in [2.05, 4.69) is 64.0 Å². The number of carbonyl (C=O) groups excluding carboxylic acids is 1. The van der Waals surface area contributed by atoms with Gasteiger partial charge in [-0.1, -0.05) is 78.9 Å². The van der Waals surface area contributed by atoms with Crippen LogP contribution in [0.2, 0.25) is 0 Å². The first-order chi connectivity index (χ1) is 15.9. The largest absolute Gasteiger partial charge is 0.459 e. The molecule has 0 amide bonds. The average Bonchev–Trinajstić information content (AvgIpc) is 3.09. The van der Waals surface area contributed by atoms with Crippen molar-refractivity contribution in [2.75, 3.05) is 6.54 Å². The van der Waals surface area contributed by atoms with Gasteiger partial charge < -0.3 is 4.74 Å². The number of nitrogens with one attached hydrogen (secondary N) is 1. The highest BCUT2D eigenvalue weighted by Gasteiger charge is 2.46. The number of benzene rings is 3. The van der Waals surface area contributed by atoms with Crippen LogP contribution in [0, 0.1) is 0 Å². The van der Waals surface area contributed by atoms with Gasteiger partial charge in [0.05, 0.1) is 17.2 Å². The molecule has 1 N–H and O–H groups in total. The highest BCUT2D eigenvalue weighted by atomic mass is 32.1. The van der Waals surface area contributed by atoms with Gasteiger partial charge in [0.2, 0.25) is 0 Å². The number of hydrogen-bond donors (Lipinski definition) is 1. The zero-order chi connectivity index (χ0) is 23.5. The second-order valence-electron chi connectivity index (χ2n) is 9.20. The van der Waals surface area contributed by atoms with Gasteiger partial charge in [-0.15, -0.1) is 0 Å². The van der Waals surface area contributed by atoms with E-state index in [1.54, 1.807) is 0 Å². The van der Waals surface area contributed by atoms with Gasteiger partial charge >= 0.3 is 5.97 Å². The minimum atomic E-state index is -0.711. The maximum atomic E-state index is 13.4. The predicted molar refractivity (Wildman–Crippen MR) is 135 cm³/mol. The summed E-state index contributed by atoms with van der Waals surface area (Å²) in [5, 5.41) is 6.15. The molecular weight excluding hydrogens is 428 g/mol. The molecule has 33 heavy (non-hydrogen) atoms. The lowest BCUT2D eigenvalue weighted by Crippen LogP contribution is -2.53. The molecule has 5 heteroatoms. The fraction of sp³-hybridized carbons (Fsp3) is 0.286. The molecule has 3 aromatic carbocycles. The molecule has 0 saturated heterocycles. The number of nitrogens with zero attached hydrogens (tertiary/aromatic N) is 1. The van der Waals surface area contributed by atoms with Crippen molar-refractivity contribution in [2.45, 2.75) is 44.4 Å². The monoisotopic (exact) mass is 456 g/mol. The van der Waals surface area contributed by atoms with Crippen molar-refractivity contribution >= 4 is 23.3 Å². The van der Waals surface area contributed by atoms with Crippen molar-refractivity contribution in [1.82, 2.24) is 5.32 Å². The third kappa shape index (κ3) is 4.53. The van der Waals surface area contributed by atoms with Gasteiger partial charge in [0, 0.05) is 0 Å². The van der Waals surface area contributed by atoms with Crippen LogP contribution in [0.25, 0.3) is 11.1 Å². The first-order valence-corrected chi connectivity index (χ1v) is 11.6. The third-order valence-electron chi connectivity index (χ3n) is 5.84. The van der Waals surface area contributed by atoms with E-state index < -0.39 is 17.2 Å². The minimum absolute atomic E-state index is 0.306. The van der Waals surface area contributed by atoms with Crippen LogP contribution in [0.15, 0.2) is 83.9 Å². The molecule has 0 unspecified atom stereocenters. The minimum Gasteiger partial charge on any atom is -0.459 e. The number of ether oxygens (including phenoxy) is 1. The normalized spacial score (nSPS) is 14.5. The number of isothiocyanates is 1. The summed E-state index contributed by atoms with van der Waals surface area (Å²) in [5.74, 6) is -0.306. The summed E-state index contributed by atoms with van der Waals surface area (Å²) in [6.45, 7) is 6.02. The van der Waals surface area contributed by atoms with E-state index in [4.69, 9.17) is 17.0 Å². The van der Waals surface area contributed by atoms with E-state index in [0.717, 1.165) is 27.8 Å². The number of hydrogen-bond acceptors (Lipinski definition) is 5. The Kier molecular flexibility index (Phi) is 6.57. The summed E-state index contributed by atoms with van der Waals surface area (Å²) in [6.07, 6.45) is 0.442. The van der Waals surface area contributed by atoms with Crippen molar-refractivity contribution in [2.24, 2.45) is 4.99 Å². The number of esters is 1. The fourth-order valence-electron chi connectivity index (χ4n) is 4.60. The van der Waals surface area contributed by atoms with Gasteiger partial charge in [0.1, 0.15) is 11.6 Å². The average molecular weight is 457 g/mol.